The number of nitrogens with zero attached hydrogens (tertiary/aromatic N) is 1. The summed E-state index contributed by atoms with van der Waals surface area (Å²) < 4.78 is 0. The second-order valence-electron chi connectivity index (χ2n) is 4.85. The molecule has 0 amide bonds. The van der Waals surface area contributed by atoms with E-state index in [-0.39, 0.29) is 0 Å². The molecule has 0 aliphatic heterocycles. The molecule has 0 aromatic heterocycles. The first kappa shape index (κ1) is 12.0. The van der Waals surface area contributed by atoms with Crippen LogP contribution in [0, 0.1) is 0 Å². The Kier molecular flexibility index (Phi) is 4.35. The topological polar surface area (TPSA) is 35.5 Å². The van der Waals surface area contributed by atoms with Crippen molar-refractivity contribution >= 4 is 0 Å². The zero-order valence-corrected chi connectivity index (χ0v) is 9.71. The van der Waals surface area contributed by atoms with Crippen LogP contribution in [-0.2, 0) is 0 Å². The standard InChI is InChI=1S/C11H24N2O/c1-4-13(10-5-6-10)8-7-12-9-11(2,3)14/h10,12,14H,4-9H2,1-3H3. The predicted octanol–water partition coefficient (Wildman–Crippen LogP) is 0.831. The van der Waals surface area contributed by atoms with Gasteiger partial charge in [0.25, 0.3) is 0 Å². The first-order chi connectivity index (χ1) is 6.53. The number of likely N-dealkylation sites (N-methyl/N-ethyl adjacent to an activating group) is 1. The second kappa shape index (κ2) is 5.10. The van der Waals surface area contributed by atoms with Crippen molar-refractivity contribution in [3.05, 3.63) is 0 Å². The van der Waals surface area contributed by atoms with Gasteiger partial charge in [-0.25, -0.2) is 0 Å². The van der Waals surface area contributed by atoms with Gasteiger partial charge in [0, 0.05) is 25.7 Å². The van der Waals surface area contributed by atoms with Crippen LogP contribution in [-0.4, -0.2) is 47.8 Å². The van der Waals surface area contributed by atoms with E-state index in [1.54, 1.807) is 0 Å². The molecule has 0 atom stereocenters. The van der Waals surface area contributed by atoms with Crippen LogP contribution >= 0.6 is 0 Å². The molecule has 0 spiro atoms. The molecule has 3 nitrogen and oxygen atoms in total. The van der Waals surface area contributed by atoms with Crippen LogP contribution in [0.1, 0.15) is 33.6 Å². The van der Waals surface area contributed by atoms with E-state index in [1.165, 1.54) is 12.8 Å². The molecular formula is C11H24N2O. The van der Waals surface area contributed by atoms with E-state index < -0.39 is 5.60 Å². The van der Waals surface area contributed by atoms with E-state index in [4.69, 9.17) is 0 Å². The van der Waals surface area contributed by atoms with Crippen molar-refractivity contribution in [2.24, 2.45) is 0 Å². The SMILES string of the molecule is CCN(CCNCC(C)(C)O)C1CC1. The van der Waals surface area contributed by atoms with Crippen molar-refractivity contribution in [2.45, 2.75) is 45.3 Å². The number of hydrogen-bond donors (Lipinski definition) is 2. The van der Waals surface area contributed by atoms with Crippen molar-refractivity contribution in [1.82, 2.24) is 10.2 Å². The van der Waals surface area contributed by atoms with Crippen LogP contribution in [0.4, 0.5) is 0 Å². The third-order valence-corrected chi connectivity index (χ3v) is 2.60. The highest BCUT2D eigenvalue weighted by Crippen LogP contribution is 2.25. The highest BCUT2D eigenvalue weighted by Gasteiger charge is 2.27. The maximum absolute atomic E-state index is 9.49. The van der Waals surface area contributed by atoms with Gasteiger partial charge in [-0.3, -0.25) is 4.90 Å². The lowest BCUT2D eigenvalue weighted by Crippen LogP contribution is -2.39. The summed E-state index contributed by atoms with van der Waals surface area (Å²) in [7, 11) is 0. The van der Waals surface area contributed by atoms with E-state index in [0.717, 1.165) is 25.7 Å². The van der Waals surface area contributed by atoms with Gasteiger partial charge in [-0.1, -0.05) is 6.92 Å². The van der Waals surface area contributed by atoms with Gasteiger partial charge in [-0.2, -0.15) is 0 Å². The van der Waals surface area contributed by atoms with E-state index in [0.29, 0.717) is 6.54 Å². The lowest BCUT2D eigenvalue weighted by molar-refractivity contribution is 0.0790. The van der Waals surface area contributed by atoms with Crippen LogP contribution in [0.15, 0.2) is 0 Å². The number of rotatable bonds is 7. The molecule has 84 valence electrons. The van der Waals surface area contributed by atoms with Gasteiger partial charge in [0.15, 0.2) is 0 Å². The normalized spacial score (nSPS) is 17.8. The molecule has 0 aromatic rings. The second-order valence-corrected chi connectivity index (χ2v) is 4.85. The van der Waals surface area contributed by atoms with Crippen molar-refractivity contribution in [2.75, 3.05) is 26.2 Å². The summed E-state index contributed by atoms with van der Waals surface area (Å²) in [5.41, 5.74) is -0.587. The third kappa shape index (κ3) is 4.94. The highest BCUT2D eigenvalue weighted by molar-refractivity contribution is 4.84. The number of aliphatic hydroxyl groups is 1. The summed E-state index contributed by atoms with van der Waals surface area (Å²) in [5, 5.41) is 12.8. The lowest BCUT2D eigenvalue weighted by atomic mass is 10.1. The molecule has 0 saturated heterocycles. The molecule has 0 heterocycles. The minimum atomic E-state index is -0.587. The monoisotopic (exact) mass is 200 g/mol. The summed E-state index contributed by atoms with van der Waals surface area (Å²) in [6, 6.07) is 0.851. The zero-order valence-electron chi connectivity index (χ0n) is 9.71. The first-order valence-corrected chi connectivity index (χ1v) is 5.70. The van der Waals surface area contributed by atoms with Gasteiger partial charge >= 0.3 is 0 Å². The Morgan fingerprint density at radius 1 is 1.43 bits per heavy atom. The first-order valence-electron chi connectivity index (χ1n) is 5.70. The molecule has 1 fully saturated rings. The number of nitrogens with one attached hydrogen (secondary N) is 1. The third-order valence-electron chi connectivity index (χ3n) is 2.60. The van der Waals surface area contributed by atoms with Gasteiger partial charge in [0.05, 0.1) is 5.60 Å². The van der Waals surface area contributed by atoms with Gasteiger partial charge in [-0.15, -0.1) is 0 Å². The molecule has 1 aliphatic rings. The fraction of sp³-hybridized carbons (Fsp3) is 1.00. The largest absolute Gasteiger partial charge is 0.389 e. The van der Waals surface area contributed by atoms with E-state index in [9.17, 15) is 5.11 Å². The Morgan fingerprint density at radius 3 is 2.50 bits per heavy atom. The molecule has 0 unspecified atom stereocenters. The van der Waals surface area contributed by atoms with Crippen LogP contribution in [0.25, 0.3) is 0 Å². The average Bonchev–Trinajstić information content (AvgIpc) is 2.86. The minimum Gasteiger partial charge on any atom is -0.389 e. The van der Waals surface area contributed by atoms with Gasteiger partial charge in [0.1, 0.15) is 0 Å². The molecular weight excluding hydrogens is 176 g/mol. The van der Waals surface area contributed by atoms with Crippen LogP contribution in [0.5, 0.6) is 0 Å². The summed E-state index contributed by atoms with van der Waals surface area (Å²) in [4.78, 5) is 2.51. The molecule has 3 heteroatoms. The Balaban J connectivity index is 2.02. The summed E-state index contributed by atoms with van der Waals surface area (Å²) in [6.07, 6.45) is 2.75. The van der Waals surface area contributed by atoms with Crippen molar-refractivity contribution in [3.8, 4) is 0 Å². The minimum absolute atomic E-state index is 0.587. The maximum atomic E-state index is 9.49. The smallest absolute Gasteiger partial charge is 0.0715 e. The quantitative estimate of drug-likeness (QED) is 0.598. The Hall–Kier alpha value is -0.120. The molecule has 0 radical (unpaired) electrons. The van der Waals surface area contributed by atoms with Crippen molar-refractivity contribution < 1.29 is 5.11 Å². The molecule has 14 heavy (non-hydrogen) atoms. The van der Waals surface area contributed by atoms with Crippen molar-refractivity contribution in [3.63, 3.8) is 0 Å². The van der Waals surface area contributed by atoms with Crippen LogP contribution in [0.3, 0.4) is 0 Å². The van der Waals surface area contributed by atoms with Gasteiger partial charge < -0.3 is 10.4 Å². The van der Waals surface area contributed by atoms with E-state index in [1.807, 2.05) is 13.8 Å². The van der Waals surface area contributed by atoms with E-state index >= 15 is 0 Å². The fourth-order valence-electron chi connectivity index (χ4n) is 1.66. The van der Waals surface area contributed by atoms with Crippen LogP contribution < -0.4 is 5.32 Å². The Morgan fingerprint density at radius 2 is 2.07 bits per heavy atom. The maximum Gasteiger partial charge on any atom is 0.0715 e. The Labute approximate surface area is 87.5 Å². The molecule has 2 N–H and O–H groups in total. The summed E-state index contributed by atoms with van der Waals surface area (Å²) >= 11 is 0. The molecule has 1 rings (SSSR count). The zero-order chi connectivity index (χ0) is 10.6. The summed E-state index contributed by atoms with van der Waals surface area (Å²) in [5.74, 6) is 0. The lowest BCUT2D eigenvalue weighted by Gasteiger charge is -2.22. The number of hydrogen-bond acceptors (Lipinski definition) is 3. The van der Waals surface area contributed by atoms with E-state index in [2.05, 4.69) is 17.1 Å². The molecule has 0 bridgehead atoms. The van der Waals surface area contributed by atoms with Gasteiger partial charge in [-0.05, 0) is 33.2 Å². The van der Waals surface area contributed by atoms with Crippen molar-refractivity contribution in [1.29, 1.82) is 0 Å². The summed E-state index contributed by atoms with van der Waals surface area (Å²) in [6.45, 7) is 9.79. The fourth-order valence-corrected chi connectivity index (χ4v) is 1.66. The molecule has 0 aromatic carbocycles. The van der Waals surface area contributed by atoms with Gasteiger partial charge in [0.2, 0.25) is 0 Å². The molecule has 1 saturated carbocycles. The van der Waals surface area contributed by atoms with Crippen LogP contribution in [0.2, 0.25) is 0 Å². The predicted molar refractivity (Wildman–Crippen MR) is 59.4 cm³/mol. The Bertz CT molecular complexity index is 161. The average molecular weight is 200 g/mol. The molecule has 1 aliphatic carbocycles. The highest BCUT2D eigenvalue weighted by atomic mass is 16.3.